The molecule has 1 aromatic rings. The van der Waals surface area contributed by atoms with Crippen LogP contribution in [-0.2, 0) is 54.4 Å². The van der Waals surface area contributed by atoms with E-state index in [-0.39, 0.29) is 80.6 Å². The lowest BCUT2D eigenvalue weighted by atomic mass is 9.95. The fourth-order valence-corrected chi connectivity index (χ4v) is 8.65. The van der Waals surface area contributed by atoms with Gasteiger partial charge in [-0.15, -0.1) is 0 Å². The van der Waals surface area contributed by atoms with Gasteiger partial charge in [-0.1, -0.05) is 46.2 Å². The zero-order chi connectivity index (χ0) is 48.4. The molecule has 0 bridgehead atoms. The summed E-state index contributed by atoms with van der Waals surface area (Å²) in [7, 11) is 0. The molecule has 0 radical (unpaired) electrons. The van der Waals surface area contributed by atoms with Crippen molar-refractivity contribution in [1.29, 1.82) is 0 Å². The second-order valence-electron chi connectivity index (χ2n) is 17.2. The Kier molecular flexibility index (Phi) is 21.8. The van der Waals surface area contributed by atoms with Gasteiger partial charge in [-0.05, 0) is 80.9 Å². The van der Waals surface area contributed by atoms with Crippen LogP contribution in [0.5, 0.6) is 5.75 Å². The van der Waals surface area contributed by atoms with Crippen LogP contribution < -0.4 is 43.4 Å². The normalized spacial score (nSPS) is 24.2. The average Bonchev–Trinajstić information content (AvgIpc) is 3.73. The lowest BCUT2D eigenvalue weighted by Crippen LogP contribution is -2.61. The summed E-state index contributed by atoms with van der Waals surface area (Å²) in [6.07, 6.45) is 0.113. The molecular formula is C44H67N9O11S. The summed E-state index contributed by atoms with van der Waals surface area (Å²) in [6, 6.07) is -2.42. The highest BCUT2D eigenvalue weighted by Gasteiger charge is 2.43. The molecule has 3 rings (SSSR count). The number of benzene rings is 1. The molecule has 65 heavy (non-hydrogen) atoms. The van der Waals surface area contributed by atoms with Gasteiger partial charge in [0.1, 0.15) is 35.7 Å². The number of hydrogen-bond acceptors (Lipinski definition) is 13. The van der Waals surface area contributed by atoms with E-state index in [4.69, 9.17) is 11.5 Å². The number of hydrogen-bond donors (Lipinski definition) is 9. The van der Waals surface area contributed by atoms with Crippen molar-refractivity contribution in [1.82, 2.24) is 36.8 Å². The van der Waals surface area contributed by atoms with Gasteiger partial charge in [-0.2, -0.15) is 11.8 Å². The van der Waals surface area contributed by atoms with Gasteiger partial charge in [0.05, 0.1) is 31.1 Å². The van der Waals surface area contributed by atoms with Gasteiger partial charge in [0.25, 0.3) is 0 Å². The fourth-order valence-electron chi connectivity index (χ4n) is 7.73. The number of ketones is 2. The van der Waals surface area contributed by atoms with Crippen LogP contribution in [-0.4, -0.2) is 136 Å². The zero-order valence-electron chi connectivity index (χ0n) is 37.9. The number of phenols is 1. The molecule has 8 amide bonds. The van der Waals surface area contributed by atoms with E-state index in [0.717, 1.165) is 0 Å². The third kappa shape index (κ3) is 17.7. The SMILES string of the molecule is CC[C@H](C)[C@@H]1NC(=O)[C@H](Cc2ccc(O)cc2)NC(=O)CCSCCC(N2CCC[C@H]2C(=O)N[C@@H](CC(C)C)C(=O)NCC(C)=O)C(=O)[C@H](CC(N)=O)NC(=O)[C@H](CCC(N)=O)NC1=O. The highest BCUT2D eigenvalue weighted by Crippen LogP contribution is 2.26. The number of amides is 8. The molecule has 2 fully saturated rings. The smallest absolute Gasteiger partial charge is 0.243 e. The average molecular weight is 930 g/mol. The fraction of sp³-hybridized carbons (Fsp3) is 0.636. The van der Waals surface area contributed by atoms with E-state index in [9.17, 15) is 53.1 Å². The Balaban J connectivity index is 2.06. The topological polar surface area (TPSA) is 318 Å². The summed E-state index contributed by atoms with van der Waals surface area (Å²) in [5.74, 6) is -6.70. The minimum Gasteiger partial charge on any atom is -0.508 e. The van der Waals surface area contributed by atoms with Gasteiger partial charge in [0.2, 0.25) is 47.3 Å². The number of carbonyl (C=O) groups excluding carboxylic acids is 10. The van der Waals surface area contributed by atoms with Gasteiger partial charge in [0.15, 0.2) is 5.78 Å². The van der Waals surface area contributed by atoms with Crippen molar-refractivity contribution < 1.29 is 53.1 Å². The van der Waals surface area contributed by atoms with Crippen molar-refractivity contribution in [3.8, 4) is 5.75 Å². The van der Waals surface area contributed by atoms with Crippen molar-refractivity contribution in [3.63, 3.8) is 0 Å². The molecule has 1 unspecified atom stereocenters. The molecule has 21 heteroatoms. The summed E-state index contributed by atoms with van der Waals surface area (Å²) in [5.41, 5.74) is 11.7. The Bertz CT molecular complexity index is 1880. The molecule has 8 atom stereocenters. The lowest BCUT2D eigenvalue weighted by Gasteiger charge is -2.34. The maximum atomic E-state index is 14.8. The maximum absolute atomic E-state index is 14.8. The Hall–Kier alpha value is -5.57. The molecule has 11 N–H and O–H groups in total. The number of rotatable bonds is 17. The van der Waals surface area contributed by atoms with Crippen LogP contribution in [0, 0.1) is 11.8 Å². The summed E-state index contributed by atoms with van der Waals surface area (Å²) in [4.78, 5) is 135. The van der Waals surface area contributed by atoms with E-state index in [2.05, 4.69) is 31.9 Å². The Labute approximate surface area is 384 Å². The molecule has 2 aliphatic heterocycles. The Morgan fingerprint density at radius 1 is 0.862 bits per heavy atom. The number of primary amides is 2. The van der Waals surface area contributed by atoms with Crippen molar-refractivity contribution in [2.24, 2.45) is 23.3 Å². The van der Waals surface area contributed by atoms with Crippen molar-refractivity contribution in [2.45, 2.75) is 141 Å². The molecular weight excluding hydrogens is 863 g/mol. The third-order valence-electron chi connectivity index (χ3n) is 11.4. The van der Waals surface area contributed by atoms with Crippen LogP contribution in [0.2, 0.25) is 0 Å². The summed E-state index contributed by atoms with van der Waals surface area (Å²) < 4.78 is 0. The third-order valence-corrected chi connectivity index (χ3v) is 12.4. The zero-order valence-corrected chi connectivity index (χ0v) is 38.8. The predicted molar refractivity (Wildman–Crippen MR) is 241 cm³/mol. The van der Waals surface area contributed by atoms with Gasteiger partial charge in [-0.3, -0.25) is 52.8 Å². The van der Waals surface area contributed by atoms with Gasteiger partial charge >= 0.3 is 0 Å². The molecule has 0 aromatic heterocycles. The van der Waals surface area contributed by atoms with E-state index in [1.165, 1.54) is 30.8 Å². The van der Waals surface area contributed by atoms with Crippen LogP contribution >= 0.6 is 11.8 Å². The highest BCUT2D eigenvalue weighted by atomic mass is 32.2. The van der Waals surface area contributed by atoms with Crippen molar-refractivity contribution in [3.05, 3.63) is 29.8 Å². The number of carbonyl (C=O) groups is 10. The number of nitrogens with two attached hydrogens (primary N) is 2. The van der Waals surface area contributed by atoms with E-state index in [1.54, 1.807) is 30.9 Å². The number of thioether (sulfide) groups is 1. The van der Waals surface area contributed by atoms with E-state index in [1.807, 2.05) is 13.8 Å². The standard InChI is InChI=1S/C44H67N9O11S/c1-6-25(4)38-44(64)49-29(13-14-35(45)56)41(61)50-30(22-36(46)57)39(59)33(53-17-7-8-34(53)43(63)51-31(20-24(2)3)40(60)47-23-26(5)54)15-18-65-19-16-37(58)48-32(42(62)52-38)21-27-9-11-28(55)12-10-27/h9-12,24-25,29-34,38,55H,6-8,13-23H2,1-5H3,(H2,45,56)(H2,46,57)(H,47,60)(H,48,58)(H,49,64)(H,50,61)(H,51,63)(H,52,62)/t25-,29-,30-,31-,32-,33?,34-,38-/m0/s1. The van der Waals surface area contributed by atoms with Crippen molar-refractivity contribution >= 4 is 70.6 Å². The number of likely N-dealkylation sites (tertiary alicyclic amines) is 1. The van der Waals surface area contributed by atoms with E-state index >= 15 is 0 Å². The molecule has 1 aromatic carbocycles. The largest absolute Gasteiger partial charge is 0.508 e. The van der Waals surface area contributed by atoms with E-state index in [0.29, 0.717) is 24.8 Å². The first-order valence-corrected chi connectivity index (χ1v) is 23.4. The van der Waals surface area contributed by atoms with Crippen LogP contribution in [0.1, 0.15) is 98.0 Å². The number of phenolic OH excluding ortho intramolecular Hbond substituents is 1. The first kappa shape index (κ1) is 53.8. The monoisotopic (exact) mass is 929 g/mol. The van der Waals surface area contributed by atoms with Crippen LogP contribution in [0.15, 0.2) is 24.3 Å². The first-order chi connectivity index (χ1) is 30.7. The van der Waals surface area contributed by atoms with Crippen LogP contribution in [0.3, 0.4) is 0 Å². The second kappa shape index (κ2) is 26.4. The Morgan fingerprint density at radius 3 is 2.14 bits per heavy atom. The highest BCUT2D eigenvalue weighted by molar-refractivity contribution is 7.99. The molecule has 0 spiro atoms. The molecule has 360 valence electrons. The molecule has 0 aliphatic carbocycles. The molecule has 0 saturated carbocycles. The molecule has 2 saturated heterocycles. The predicted octanol–water partition coefficient (Wildman–Crippen LogP) is -0.774. The molecule has 2 aliphatic rings. The number of nitrogens with zero attached hydrogens (tertiary/aromatic N) is 1. The first-order valence-electron chi connectivity index (χ1n) is 22.2. The van der Waals surface area contributed by atoms with Gasteiger partial charge < -0.3 is 48.5 Å². The summed E-state index contributed by atoms with van der Waals surface area (Å²) in [6.45, 7) is 8.58. The molecule has 2 heterocycles. The quantitative estimate of drug-likeness (QED) is 0.0928. The summed E-state index contributed by atoms with van der Waals surface area (Å²) >= 11 is 1.32. The maximum Gasteiger partial charge on any atom is 0.243 e. The summed E-state index contributed by atoms with van der Waals surface area (Å²) in [5, 5.41) is 25.9. The number of nitrogens with one attached hydrogen (secondary N) is 6. The second-order valence-corrected chi connectivity index (χ2v) is 18.5. The van der Waals surface area contributed by atoms with Crippen LogP contribution in [0.4, 0.5) is 0 Å². The van der Waals surface area contributed by atoms with E-state index < -0.39 is 108 Å². The Morgan fingerprint density at radius 2 is 1.52 bits per heavy atom. The minimum atomic E-state index is -1.56. The van der Waals surface area contributed by atoms with Crippen molar-refractivity contribution in [2.75, 3.05) is 24.6 Å². The number of Topliss-reactive ketones (excluding diaryl/α,β-unsaturated/α-hetero) is 2. The minimum absolute atomic E-state index is 0.000406. The number of aromatic hydroxyl groups is 1. The van der Waals surface area contributed by atoms with Crippen LogP contribution in [0.25, 0.3) is 0 Å². The van der Waals surface area contributed by atoms with Gasteiger partial charge in [0, 0.05) is 25.0 Å². The van der Waals surface area contributed by atoms with Gasteiger partial charge in [-0.25, -0.2) is 0 Å². The lowest BCUT2D eigenvalue weighted by molar-refractivity contribution is -0.138. The molecule has 20 nitrogen and oxygen atoms in total.